The maximum Gasteiger partial charge on any atom is 0.214 e. The number of hydrogen-bond acceptors (Lipinski definition) is 0. The molecule has 1 aliphatic heterocycles. The fourth-order valence-electron chi connectivity index (χ4n) is 6.72. The van der Waals surface area contributed by atoms with E-state index in [0.717, 1.165) is 12.8 Å². The fraction of sp³-hybridized carbons (Fsp3) is 0.132. The van der Waals surface area contributed by atoms with Crippen molar-refractivity contribution in [3.63, 3.8) is 0 Å². The summed E-state index contributed by atoms with van der Waals surface area (Å²) in [6.07, 6.45) is 4.41. The summed E-state index contributed by atoms with van der Waals surface area (Å²) in [5.41, 5.74) is 4.92. The molecule has 0 aliphatic carbocycles. The molecule has 0 spiro atoms. The van der Waals surface area contributed by atoms with Crippen LogP contribution in [0.3, 0.4) is 0 Å². The third kappa shape index (κ3) is 3.76. The van der Waals surface area contributed by atoms with Gasteiger partial charge in [0.15, 0.2) is 11.7 Å². The molecule has 0 atom stereocenters. The minimum absolute atomic E-state index is 0.154. The molecule has 0 bridgehead atoms. The predicted octanol–water partition coefficient (Wildman–Crippen LogP) is 8.25. The molecule has 0 radical (unpaired) electrons. The van der Waals surface area contributed by atoms with Crippen molar-refractivity contribution in [3.8, 4) is 11.3 Å². The average Bonchev–Trinajstić information content (AvgIpc) is 3.02. The Morgan fingerprint density at radius 2 is 1.23 bits per heavy atom. The van der Waals surface area contributed by atoms with Crippen molar-refractivity contribution in [2.75, 3.05) is 0 Å². The van der Waals surface area contributed by atoms with Crippen molar-refractivity contribution in [2.24, 2.45) is 0 Å². The zero-order valence-corrected chi connectivity index (χ0v) is 24.0. The second-order valence-electron chi connectivity index (χ2n) is 10.8. The predicted molar refractivity (Wildman–Crippen MR) is 173 cm³/mol. The number of hydrogen-bond donors (Lipinski definition) is 0. The molecule has 0 amide bonds. The van der Waals surface area contributed by atoms with Gasteiger partial charge in [0.05, 0.1) is 10.9 Å². The summed E-state index contributed by atoms with van der Waals surface area (Å²) in [5.74, 6) is 0. The molecule has 1 aromatic heterocycles. The average molecular weight is 535 g/mol. The molecule has 0 unspecified atom stereocenters. The minimum Gasteiger partial charge on any atom is -0.188 e. The van der Waals surface area contributed by atoms with Gasteiger partial charge < -0.3 is 0 Å². The van der Waals surface area contributed by atoms with E-state index < -0.39 is 7.92 Å². The van der Waals surface area contributed by atoms with Crippen LogP contribution < -0.4 is 20.5 Å². The normalized spacial score (nSPS) is 13.9. The molecule has 0 fully saturated rings. The highest BCUT2D eigenvalue weighted by atomic mass is 31.1. The molecule has 194 valence electrons. The minimum atomic E-state index is -0.693. The second kappa shape index (κ2) is 9.84. The van der Waals surface area contributed by atoms with Gasteiger partial charge in [-0.05, 0) is 51.6 Å². The van der Waals surface area contributed by atoms with Crippen molar-refractivity contribution >= 4 is 51.0 Å². The third-order valence-electron chi connectivity index (χ3n) is 8.90. The highest BCUT2D eigenvalue weighted by molar-refractivity contribution is 7.79. The van der Waals surface area contributed by atoms with E-state index in [1.165, 1.54) is 59.9 Å². The van der Waals surface area contributed by atoms with Gasteiger partial charge in [-0.25, -0.2) is 0 Å². The van der Waals surface area contributed by atoms with Gasteiger partial charge in [-0.3, -0.25) is 0 Å². The van der Waals surface area contributed by atoms with Gasteiger partial charge >= 0.3 is 0 Å². The van der Waals surface area contributed by atoms with Crippen molar-refractivity contribution in [1.82, 2.24) is 0 Å². The van der Waals surface area contributed by atoms with E-state index in [0.29, 0.717) is 0 Å². The first-order valence-corrected chi connectivity index (χ1v) is 15.6. The third-order valence-corrected chi connectivity index (χ3v) is 11.3. The van der Waals surface area contributed by atoms with Crippen LogP contribution in [0.4, 0.5) is 0 Å². The Kier molecular flexibility index (Phi) is 6.14. The fourth-order valence-corrected chi connectivity index (χ4v) is 9.04. The van der Waals surface area contributed by atoms with Gasteiger partial charge in [0, 0.05) is 24.5 Å². The monoisotopic (exact) mass is 534 g/mol. The van der Waals surface area contributed by atoms with E-state index in [9.17, 15) is 0 Å². The van der Waals surface area contributed by atoms with Crippen LogP contribution in [0.25, 0.3) is 38.4 Å². The second-order valence-corrected chi connectivity index (χ2v) is 13.0. The first kappa shape index (κ1) is 24.9. The van der Waals surface area contributed by atoms with Gasteiger partial charge in [0.1, 0.15) is 0 Å². The summed E-state index contributed by atoms with van der Waals surface area (Å²) in [5, 5.41) is 9.27. The number of aromatic nitrogens is 1. The van der Waals surface area contributed by atoms with Gasteiger partial charge in [0.25, 0.3) is 0 Å². The van der Waals surface area contributed by atoms with Crippen LogP contribution in [0, 0.1) is 0 Å². The largest absolute Gasteiger partial charge is 0.214 e. The van der Waals surface area contributed by atoms with Crippen LogP contribution in [0.2, 0.25) is 0 Å². The number of rotatable bonds is 5. The molecule has 2 heteroatoms. The van der Waals surface area contributed by atoms with Crippen LogP contribution in [0.15, 0.2) is 134 Å². The molecule has 0 saturated carbocycles. The van der Waals surface area contributed by atoms with E-state index in [1.807, 2.05) is 0 Å². The van der Waals surface area contributed by atoms with E-state index in [1.54, 1.807) is 0 Å². The number of fused-ring (bicyclic) bond motifs is 6. The molecule has 1 aliphatic rings. The maximum atomic E-state index is 4.77. The van der Waals surface area contributed by atoms with Crippen molar-refractivity contribution in [3.05, 3.63) is 140 Å². The topological polar surface area (TPSA) is 3.88 Å². The summed E-state index contributed by atoms with van der Waals surface area (Å²) >= 11 is 0. The van der Waals surface area contributed by atoms with E-state index in [2.05, 4.69) is 146 Å². The molecular weight excluding hydrogens is 501 g/mol. The van der Waals surface area contributed by atoms with Crippen LogP contribution in [0.5, 0.6) is 0 Å². The molecule has 5 aromatic carbocycles. The number of nitrogens with zero attached hydrogens (tertiary/aromatic N) is 1. The van der Waals surface area contributed by atoms with Crippen molar-refractivity contribution in [1.29, 1.82) is 0 Å². The molecule has 7 rings (SSSR count). The van der Waals surface area contributed by atoms with Gasteiger partial charge in [-0.2, -0.15) is 4.57 Å². The highest BCUT2D eigenvalue weighted by Gasteiger charge is 2.47. The van der Waals surface area contributed by atoms with E-state index in [4.69, 9.17) is 6.58 Å². The maximum absolute atomic E-state index is 4.77. The lowest BCUT2D eigenvalue weighted by atomic mass is 9.75. The molecule has 1 nitrogen and oxygen atoms in total. The molecule has 0 N–H and O–H groups in total. The SMILES string of the molecule is C=C1c2ccc(P(c3ccccc3)c3ccccc3)cc2-c2cc3ccc4ccccc4c3c[n+]2C1(CC)CC. The van der Waals surface area contributed by atoms with Crippen LogP contribution in [-0.2, 0) is 5.54 Å². The number of benzene rings is 5. The molecule has 0 saturated heterocycles. The lowest BCUT2D eigenvalue weighted by molar-refractivity contribution is -0.740. The van der Waals surface area contributed by atoms with Gasteiger partial charge in [-0.1, -0.05) is 130 Å². The molecular formula is C38H33NP+. The summed E-state index contributed by atoms with van der Waals surface area (Å²) in [6.45, 7) is 9.38. The number of allylic oxidation sites excluding steroid dienone is 1. The van der Waals surface area contributed by atoms with Crippen molar-refractivity contribution < 1.29 is 4.57 Å². The first-order valence-electron chi connectivity index (χ1n) is 14.3. The Morgan fingerprint density at radius 1 is 0.600 bits per heavy atom. The Hall–Kier alpha value is -4.06. The quantitative estimate of drug-likeness (QED) is 0.119. The Labute approximate surface area is 238 Å². The number of pyridine rings is 1. The van der Waals surface area contributed by atoms with Gasteiger partial charge in [0.2, 0.25) is 5.69 Å². The highest BCUT2D eigenvalue weighted by Crippen LogP contribution is 2.45. The Bertz CT molecular complexity index is 1840. The van der Waals surface area contributed by atoms with Gasteiger partial charge in [-0.15, -0.1) is 0 Å². The zero-order valence-electron chi connectivity index (χ0n) is 23.1. The smallest absolute Gasteiger partial charge is 0.188 e. The van der Waals surface area contributed by atoms with Crippen LogP contribution >= 0.6 is 7.92 Å². The van der Waals surface area contributed by atoms with Crippen molar-refractivity contribution in [2.45, 2.75) is 32.2 Å². The lowest BCUT2D eigenvalue weighted by Crippen LogP contribution is -2.59. The van der Waals surface area contributed by atoms with E-state index >= 15 is 0 Å². The zero-order chi connectivity index (χ0) is 27.3. The molecule has 40 heavy (non-hydrogen) atoms. The summed E-state index contributed by atoms with van der Waals surface area (Å²) < 4.78 is 2.56. The lowest BCUT2D eigenvalue weighted by Gasteiger charge is -2.35. The summed E-state index contributed by atoms with van der Waals surface area (Å²) in [6, 6.07) is 44.8. The van der Waals surface area contributed by atoms with Crippen LogP contribution in [0.1, 0.15) is 32.3 Å². The van der Waals surface area contributed by atoms with Crippen LogP contribution in [-0.4, -0.2) is 0 Å². The van der Waals surface area contributed by atoms with E-state index in [-0.39, 0.29) is 5.54 Å². The Balaban J connectivity index is 1.51. The standard InChI is InChI=1S/C38H33NP/c1-4-38(5-2)27(3)33-23-22-32(40(30-15-8-6-9-16-30)31-17-10-7-11-18-31)25-35(33)37-24-29-21-20-28-14-12-13-19-34(28)36(29)26-39(37)38/h6-26H,3-5H2,1-2H3/q+1. The first-order chi connectivity index (χ1) is 19.6. The Morgan fingerprint density at radius 3 is 1.90 bits per heavy atom. The molecule has 6 aromatic rings. The summed E-state index contributed by atoms with van der Waals surface area (Å²) in [4.78, 5) is 0. The summed E-state index contributed by atoms with van der Waals surface area (Å²) in [7, 11) is -0.693. The molecule has 2 heterocycles.